The summed E-state index contributed by atoms with van der Waals surface area (Å²) in [5, 5.41) is 19.5. The topological polar surface area (TPSA) is 81.2 Å². The largest absolute Gasteiger partial charge is 0.390 e. The van der Waals surface area contributed by atoms with Gasteiger partial charge in [0.2, 0.25) is 0 Å². The minimum atomic E-state index is -0.549. The zero-order valence-electron chi connectivity index (χ0n) is 8.28. The van der Waals surface area contributed by atoms with Gasteiger partial charge in [-0.25, -0.2) is 0 Å². The Hall–Kier alpha value is -2.21. The lowest BCUT2D eigenvalue weighted by atomic mass is 10.3. The van der Waals surface area contributed by atoms with Crippen LogP contribution < -0.4 is 0 Å². The minimum absolute atomic E-state index is 0.0933. The molecule has 6 nitrogen and oxygen atoms in total. The van der Waals surface area contributed by atoms with E-state index in [0.29, 0.717) is 11.4 Å². The first kappa shape index (κ1) is 10.3. The summed E-state index contributed by atoms with van der Waals surface area (Å²) in [4.78, 5) is 13.6. The van der Waals surface area contributed by atoms with Crippen LogP contribution in [0, 0.1) is 10.1 Å². The molecule has 16 heavy (non-hydrogen) atoms. The summed E-state index contributed by atoms with van der Waals surface area (Å²) in [5.74, 6) is -0.193. The number of aliphatic hydroxyl groups excluding tert-OH is 1. The third kappa shape index (κ3) is 1.78. The maximum atomic E-state index is 10.4. The molecular weight excluding hydrogens is 210 g/mol. The lowest BCUT2D eigenvalue weighted by molar-refractivity contribution is -0.389. The second-order valence-electron chi connectivity index (χ2n) is 3.16. The van der Waals surface area contributed by atoms with Crippen molar-refractivity contribution >= 4 is 5.82 Å². The summed E-state index contributed by atoms with van der Waals surface area (Å²) < 4.78 is 1.72. The molecule has 0 atom stereocenters. The standard InChI is InChI=1S/C10H9N3O3/c14-7-9-2-1-5-12(9)8-3-4-10(11-6-8)13(15)16/h1-6,14H,7H2. The van der Waals surface area contributed by atoms with E-state index < -0.39 is 4.92 Å². The third-order valence-corrected chi connectivity index (χ3v) is 2.19. The van der Waals surface area contributed by atoms with Crippen molar-refractivity contribution < 1.29 is 10.0 Å². The fourth-order valence-corrected chi connectivity index (χ4v) is 1.43. The van der Waals surface area contributed by atoms with Crippen LogP contribution in [0.5, 0.6) is 0 Å². The molecule has 6 heteroatoms. The van der Waals surface area contributed by atoms with Crippen molar-refractivity contribution in [2.45, 2.75) is 6.61 Å². The molecule has 0 saturated carbocycles. The van der Waals surface area contributed by atoms with Crippen molar-refractivity contribution in [3.63, 3.8) is 0 Å². The molecule has 0 aliphatic heterocycles. The number of pyridine rings is 1. The van der Waals surface area contributed by atoms with E-state index in [9.17, 15) is 10.1 Å². The average molecular weight is 219 g/mol. The molecule has 0 radical (unpaired) electrons. The fourth-order valence-electron chi connectivity index (χ4n) is 1.43. The Morgan fingerprint density at radius 2 is 2.25 bits per heavy atom. The van der Waals surface area contributed by atoms with Gasteiger partial charge in [0.05, 0.1) is 12.3 Å². The van der Waals surface area contributed by atoms with E-state index in [4.69, 9.17) is 5.11 Å². The number of aliphatic hydroxyl groups is 1. The van der Waals surface area contributed by atoms with Gasteiger partial charge in [-0.05, 0) is 28.1 Å². The Morgan fingerprint density at radius 3 is 2.81 bits per heavy atom. The van der Waals surface area contributed by atoms with Crippen LogP contribution >= 0.6 is 0 Å². The van der Waals surface area contributed by atoms with Crippen molar-refractivity contribution in [3.05, 3.63) is 52.5 Å². The first-order chi connectivity index (χ1) is 7.72. The Labute approximate surface area is 90.9 Å². The number of nitro groups is 1. The number of rotatable bonds is 3. The molecule has 2 rings (SSSR count). The smallest absolute Gasteiger partial charge is 0.363 e. The number of aromatic nitrogens is 2. The Morgan fingerprint density at radius 1 is 1.44 bits per heavy atom. The summed E-state index contributed by atoms with van der Waals surface area (Å²) in [7, 11) is 0. The van der Waals surface area contributed by atoms with Gasteiger partial charge in [-0.15, -0.1) is 0 Å². The Bertz CT molecular complexity index is 504. The van der Waals surface area contributed by atoms with E-state index in [2.05, 4.69) is 4.98 Å². The Balaban J connectivity index is 2.38. The highest BCUT2D eigenvalue weighted by Crippen LogP contribution is 2.14. The normalized spacial score (nSPS) is 10.3. The van der Waals surface area contributed by atoms with Crippen LogP contribution in [-0.4, -0.2) is 19.6 Å². The summed E-state index contributed by atoms with van der Waals surface area (Å²) in [6.07, 6.45) is 3.16. The van der Waals surface area contributed by atoms with Gasteiger partial charge in [0.1, 0.15) is 0 Å². The molecule has 0 amide bonds. The van der Waals surface area contributed by atoms with Crippen LogP contribution in [0.4, 0.5) is 5.82 Å². The second-order valence-corrected chi connectivity index (χ2v) is 3.16. The van der Waals surface area contributed by atoms with Gasteiger partial charge >= 0.3 is 5.82 Å². The molecule has 2 aromatic heterocycles. The summed E-state index contributed by atoms with van der Waals surface area (Å²) >= 11 is 0. The molecule has 0 unspecified atom stereocenters. The van der Waals surface area contributed by atoms with Crippen LogP contribution in [0.3, 0.4) is 0 Å². The van der Waals surface area contributed by atoms with E-state index in [1.165, 1.54) is 12.3 Å². The van der Waals surface area contributed by atoms with Crippen LogP contribution in [-0.2, 0) is 6.61 Å². The lowest BCUT2D eigenvalue weighted by Crippen LogP contribution is -2.00. The quantitative estimate of drug-likeness (QED) is 0.622. The zero-order valence-corrected chi connectivity index (χ0v) is 8.28. The predicted molar refractivity (Wildman–Crippen MR) is 56.1 cm³/mol. The second kappa shape index (κ2) is 4.11. The highest BCUT2D eigenvalue weighted by Gasteiger charge is 2.08. The molecule has 0 aromatic carbocycles. The van der Waals surface area contributed by atoms with Gasteiger partial charge in [0, 0.05) is 18.0 Å². The summed E-state index contributed by atoms with van der Waals surface area (Å²) in [6.45, 7) is -0.0933. The van der Waals surface area contributed by atoms with Crippen molar-refractivity contribution in [1.29, 1.82) is 0 Å². The SMILES string of the molecule is O=[N+]([O-])c1ccc(-n2cccc2CO)cn1. The predicted octanol–water partition coefficient (Wildman–Crippen LogP) is 1.27. The first-order valence-electron chi connectivity index (χ1n) is 4.60. The van der Waals surface area contributed by atoms with E-state index in [-0.39, 0.29) is 12.4 Å². The van der Waals surface area contributed by atoms with E-state index in [1.807, 2.05) is 0 Å². The molecule has 0 bridgehead atoms. The average Bonchev–Trinajstić information content (AvgIpc) is 2.77. The maximum Gasteiger partial charge on any atom is 0.363 e. The first-order valence-corrected chi connectivity index (χ1v) is 4.60. The highest BCUT2D eigenvalue weighted by molar-refractivity contribution is 5.36. The molecule has 0 spiro atoms. The maximum absolute atomic E-state index is 10.4. The van der Waals surface area contributed by atoms with Crippen LogP contribution in [0.15, 0.2) is 36.7 Å². The van der Waals surface area contributed by atoms with Crippen molar-refractivity contribution in [3.8, 4) is 5.69 Å². The molecule has 0 aliphatic carbocycles. The van der Waals surface area contributed by atoms with Gasteiger partial charge in [0.15, 0.2) is 6.20 Å². The van der Waals surface area contributed by atoms with E-state index in [0.717, 1.165) is 0 Å². The highest BCUT2D eigenvalue weighted by atomic mass is 16.6. The van der Waals surface area contributed by atoms with Crippen molar-refractivity contribution in [2.24, 2.45) is 0 Å². The molecule has 2 aromatic rings. The Kier molecular flexibility index (Phi) is 2.65. The summed E-state index contributed by atoms with van der Waals surface area (Å²) in [5.41, 5.74) is 1.38. The van der Waals surface area contributed by atoms with Gasteiger partial charge < -0.3 is 19.8 Å². The van der Waals surface area contributed by atoms with Crippen molar-refractivity contribution in [1.82, 2.24) is 9.55 Å². The van der Waals surface area contributed by atoms with E-state index >= 15 is 0 Å². The third-order valence-electron chi connectivity index (χ3n) is 2.19. The number of hydrogen-bond donors (Lipinski definition) is 1. The van der Waals surface area contributed by atoms with Gasteiger partial charge in [0.25, 0.3) is 0 Å². The number of nitrogens with zero attached hydrogens (tertiary/aromatic N) is 3. The lowest BCUT2D eigenvalue weighted by Gasteiger charge is -2.04. The van der Waals surface area contributed by atoms with Gasteiger partial charge in [-0.1, -0.05) is 0 Å². The molecule has 0 saturated heterocycles. The molecule has 1 N–H and O–H groups in total. The van der Waals surface area contributed by atoms with Crippen LogP contribution in [0.25, 0.3) is 5.69 Å². The zero-order chi connectivity index (χ0) is 11.5. The molecular formula is C10H9N3O3. The minimum Gasteiger partial charge on any atom is -0.390 e. The van der Waals surface area contributed by atoms with E-state index in [1.54, 1.807) is 29.0 Å². The molecule has 0 fully saturated rings. The van der Waals surface area contributed by atoms with Crippen LogP contribution in [0.1, 0.15) is 5.69 Å². The van der Waals surface area contributed by atoms with Gasteiger partial charge in [-0.3, -0.25) is 0 Å². The monoisotopic (exact) mass is 219 g/mol. The molecule has 2 heterocycles. The summed E-state index contributed by atoms with van der Waals surface area (Å²) in [6, 6.07) is 6.47. The van der Waals surface area contributed by atoms with Crippen LogP contribution in [0.2, 0.25) is 0 Å². The molecule has 82 valence electrons. The van der Waals surface area contributed by atoms with Gasteiger partial charge in [-0.2, -0.15) is 0 Å². The fraction of sp³-hybridized carbons (Fsp3) is 0.100. The van der Waals surface area contributed by atoms with Crippen molar-refractivity contribution in [2.75, 3.05) is 0 Å². The molecule has 0 aliphatic rings. The number of hydrogen-bond acceptors (Lipinski definition) is 4.